The zero-order valence-corrected chi connectivity index (χ0v) is 10.2. The summed E-state index contributed by atoms with van der Waals surface area (Å²) >= 11 is 0. The van der Waals surface area contributed by atoms with Crippen molar-refractivity contribution in [3.8, 4) is 0 Å². The van der Waals surface area contributed by atoms with E-state index < -0.39 is 0 Å². The van der Waals surface area contributed by atoms with E-state index in [4.69, 9.17) is 5.73 Å². The van der Waals surface area contributed by atoms with Gasteiger partial charge < -0.3 is 16.0 Å². The SMILES string of the molecule is NCc1ccccc1NC(=O)CN1CCCC1=O. The number of rotatable bonds is 4. The van der Waals surface area contributed by atoms with Crippen molar-refractivity contribution in [2.45, 2.75) is 19.4 Å². The van der Waals surface area contributed by atoms with Gasteiger partial charge in [0.1, 0.15) is 0 Å². The number of anilines is 1. The first-order chi connectivity index (χ1) is 8.70. The van der Waals surface area contributed by atoms with E-state index >= 15 is 0 Å². The summed E-state index contributed by atoms with van der Waals surface area (Å²) in [5.41, 5.74) is 7.20. The van der Waals surface area contributed by atoms with Gasteiger partial charge in [-0.1, -0.05) is 18.2 Å². The molecule has 96 valence electrons. The van der Waals surface area contributed by atoms with E-state index in [-0.39, 0.29) is 18.4 Å². The Morgan fingerprint density at radius 2 is 2.17 bits per heavy atom. The maximum absolute atomic E-state index is 11.8. The Kier molecular flexibility index (Phi) is 3.94. The highest BCUT2D eigenvalue weighted by molar-refractivity contribution is 5.95. The van der Waals surface area contributed by atoms with E-state index in [1.54, 1.807) is 4.90 Å². The normalized spacial score (nSPS) is 14.9. The van der Waals surface area contributed by atoms with Gasteiger partial charge >= 0.3 is 0 Å². The summed E-state index contributed by atoms with van der Waals surface area (Å²) in [7, 11) is 0. The molecule has 0 saturated carbocycles. The molecule has 1 aromatic rings. The highest BCUT2D eigenvalue weighted by atomic mass is 16.2. The van der Waals surface area contributed by atoms with Crippen molar-refractivity contribution >= 4 is 17.5 Å². The van der Waals surface area contributed by atoms with Gasteiger partial charge in [0.15, 0.2) is 0 Å². The van der Waals surface area contributed by atoms with Crippen LogP contribution < -0.4 is 11.1 Å². The summed E-state index contributed by atoms with van der Waals surface area (Å²) in [4.78, 5) is 24.8. The van der Waals surface area contributed by atoms with Crippen LogP contribution in [0.3, 0.4) is 0 Å². The number of nitrogens with zero attached hydrogens (tertiary/aromatic N) is 1. The van der Waals surface area contributed by atoms with Crippen LogP contribution in [-0.2, 0) is 16.1 Å². The summed E-state index contributed by atoms with van der Waals surface area (Å²) in [6.45, 7) is 1.17. The standard InChI is InChI=1S/C13H17N3O2/c14-8-10-4-1-2-5-11(10)15-12(17)9-16-7-3-6-13(16)18/h1-2,4-5H,3,6-9,14H2,(H,15,17). The number of hydrogen-bond donors (Lipinski definition) is 2. The monoisotopic (exact) mass is 247 g/mol. The van der Waals surface area contributed by atoms with E-state index in [2.05, 4.69) is 5.32 Å². The fourth-order valence-corrected chi connectivity index (χ4v) is 2.05. The number of nitrogens with one attached hydrogen (secondary N) is 1. The Hall–Kier alpha value is -1.88. The first-order valence-corrected chi connectivity index (χ1v) is 6.06. The number of amides is 2. The number of hydrogen-bond acceptors (Lipinski definition) is 3. The predicted octanol–water partition coefficient (Wildman–Crippen LogP) is 0.706. The van der Waals surface area contributed by atoms with Crippen LogP contribution in [0.5, 0.6) is 0 Å². The molecule has 0 bridgehead atoms. The number of carbonyl (C=O) groups excluding carboxylic acids is 2. The van der Waals surface area contributed by atoms with Crippen LogP contribution in [-0.4, -0.2) is 29.8 Å². The molecule has 0 atom stereocenters. The van der Waals surface area contributed by atoms with Gasteiger partial charge in [-0.2, -0.15) is 0 Å². The van der Waals surface area contributed by atoms with Crippen molar-refractivity contribution in [3.05, 3.63) is 29.8 Å². The molecule has 5 heteroatoms. The van der Waals surface area contributed by atoms with Crippen LogP contribution in [0.4, 0.5) is 5.69 Å². The van der Waals surface area contributed by atoms with Crippen molar-refractivity contribution < 1.29 is 9.59 Å². The maximum atomic E-state index is 11.8. The third-order valence-corrected chi connectivity index (χ3v) is 3.02. The van der Waals surface area contributed by atoms with E-state index in [0.29, 0.717) is 19.5 Å². The molecule has 2 amide bonds. The summed E-state index contributed by atoms with van der Waals surface area (Å²) in [6.07, 6.45) is 1.39. The molecule has 0 spiro atoms. The van der Waals surface area contributed by atoms with Crippen LogP contribution in [0.2, 0.25) is 0 Å². The van der Waals surface area contributed by atoms with Crippen LogP contribution >= 0.6 is 0 Å². The fraction of sp³-hybridized carbons (Fsp3) is 0.385. The molecule has 3 N–H and O–H groups in total. The molecule has 0 aliphatic carbocycles. The molecule has 1 saturated heterocycles. The van der Waals surface area contributed by atoms with Gasteiger partial charge in [-0.15, -0.1) is 0 Å². The molecule has 1 fully saturated rings. The largest absolute Gasteiger partial charge is 0.333 e. The summed E-state index contributed by atoms with van der Waals surface area (Å²) in [5, 5.41) is 2.80. The number of para-hydroxylation sites is 1. The maximum Gasteiger partial charge on any atom is 0.244 e. The molecule has 1 heterocycles. The minimum atomic E-state index is -0.175. The molecule has 1 aromatic carbocycles. The first kappa shape index (κ1) is 12.6. The van der Waals surface area contributed by atoms with Gasteiger partial charge in [0.05, 0.1) is 6.54 Å². The molecule has 1 aliphatic rings. The van der Waals surface area contributed by atoms with E-state index in [0.717, 1.165) is 17.7 Å². The van der Waals surface area contributed by atoms with Crippen LogP contribution in [0, 0.1) is 0 Å². The zero-order chi connectivity index (χ0) is 13.0. The second kappa shape index (κ2) is 5.64. The minimum absolute atomic E-state index is 0.0530. The summed E-state index contributed by atoms with van der Waals surface area (Å²) in [5.74, 6) is -0.122. The second-order valence-corrected chi connectivity index (χ2v) is 4.33. The Morgan fingerprint density at radius 3 is 2.83 bits per heavy atom. The van der Waals surface area contributed by atoms with Crippen molar-refractivity contribution in [3.63, 3.8) is 0 Å². The van der Waals surface area contributed by atoms with Gasteiger partial charge in [-0.3, -0.25) is 9.59 Å². The van der Waals surface area contributed by atoms with Gasteiger partial charge in [-0.25, -0.2) is 0 Å². The van der Waals surface area contributed by atoms with Crippen LogP contribution in [0.1, 0.15) is 18.4 Å². The van der Waals surface area contributed by atoms with Gasteiger partial charge in [-0.05, 0) is 18.1 Å². The van der Waals surface area contributed by atoms with Gasteiger partial charge in [0.25, 0.3) is 0 Å². The molecular weight excluding hydrogens is 230 g/mol. The number of likely N-dealkylation sites (tertiary alicyclic amines) is 1. The van der Waals surface area contributed by atoms with Crippen LogP contribution in [0.15, 0.2) is 24.3 Å². The van der Waals surface area contributed by atoms with Crippen molar-refractivity contribution in [2.75, 3.05) is 18.4 Å². The van der Waals surface area contributed by atoms with Crippen molar-refractivity contribution in [1.82, 2.24) is 4.90 Å². The lowest BCUT2D eigenvalue weighted by atomic mass is 10.2. The highest BCUT2D eigenvalue weighted by Crippen LogP contribution is 2.15. The average Bonchev–Trinajstić information content (AvgIpc) is 2.75. The van der Waals surface area contributed by atoms with E-state index in [9.17, 15) is 9.59 Å². The second-order valence-electron chi connectivity index (χ2n) is 4.33. The third-order valence-electron chi connectivity index (χ3n) is 3.02. The van der Waals surface area contributed by atoms with Crippen LogP contribution in [0.25, 0.3) is 0 Å². The molecule has 0 unspecified atom stereocenters. The summed E-state index contributed by atoms with van der Waals surface area (Å²) in [6, 6.07) is 7.40. The van der Waals surface area contributed by atoms with Crippen molar-refractivity contribution in [2.24, 2.45) is 5.73 Å². The van der Waals surface area contributed by atoms with Crippen molar-refractivity contribution in [1.29, 1.82) is 0 Å². The van der Waals surface area contributed by atoms with E-state index in [1.165, 1.54) is 0 Å². The molecule has 5 nitrogen and oxygen atoms in total. The molecule has 1 aliphatic heterocycles. The fourth-order valence-electron chi connectivity index (χ4n) is 2.05. The molecular formula is C13H17N3O2. The third kappa shape index (κ3) is 2.87. The number of carbonyl (C=O) groups is 2. The Balaban J connectivity index is 1.96. The Labute approximate surface area is 106 Å². The minimum Gasteiger partial charge on any atom is -0.333 e. The highest BCUT2D eigenvalue weighted by Gasteiger charge is 2.22. The average molecular weight is 247 g/mol. The quantitative estimate of drug-likeness (QED) is 0.822. The Morgan fingerprint density at radius 1 is 1.39 bits per heavy atom. The number of nitrogens with two attached hydrogens (primary N) is 1. The van der Waals surface area contributed by atoms with E-state index in [1.807, 2.05) is 24.3 Å². The lowest BCUT2D eigenvalue weighted by molar-refractivity contribution is -0.131. The zero-order valence-electron chi connectivity index (χ0n) is 10.2. The van der Waals surface area contributed by atoms with Gasteiger partial charge in [0.2, 0.25) is 11.8 Å². The molecule has 0 radical (unpaired) electrons. The predicted molar refractivity (Wildman–Crippen MR) is 68.8 cm³/mol. The topological polar surface area (TPSA) is 75.4 Å². The summed E-state index contributed by atoms with van der Waals surface area (Å²) < 4.78 is 0. The first-order valence-electron chi connectivity index (χ1n) is 6.06. The molecule has 0 aromatic heterocycles. The lowest BCUT2D eigenvalue weighted by Gasteiger charge is -2.16. The Bertz CT molecular complexity index is 459. The van der Waals surface area contributed by atoms with Gasteiger partial charge in [0, 0.05) is 25.2 Å². The number of benzene rings is 1. The smallest absolute Gasteiger partial charge is 0.244 e. The lowest BCUT2D eigenvalue weighted by Crippen LogP contribution is -2.34. The molecule has 2 rings (SSSR count). The molecule has 18 heavy (non-hydrogen) atoms.